The summed E-state index contributed by atoms with van der Waals surface area (Å²) in [4.78, 5) is 13.9. The zero-order chi connectivity index (χ0) is 16.7. The van der Waals surface area contributed by atoms with Crippen LogP contribution in [0.3, 0.4) is 0 Å². The SMILES string of the molecule is CCN(CC)c1ccc(C=NNC(=O)Cn2nnnc2N)cc1. The van der Waals surface area contributed by atoms with Crippen molar-refractivity contribution in [3.8, 4) is 0 Å². The molecule has 0 fully saturated rings. The van der Waals surface area contributed by atoms with E-state index in [0.29, 0.717) is 0 Å². The quantitative estimate of drug-likeness (QED) is 0.559. The highest BCUT2D eigenvalue weighted by Crippen LogP contribution is 2.13. The Bertz CT molecular complexity index is 660. The van der Waals surface area contributed by atoms with Gasteiger partial charge in [-0.2, -0.15) is 5.10 Å². The van der Waals surface area contributed by atoms with Crippen molar-refractivity contribution in [1.29, 1.82) is 0 Å². The second kappa shape index (κ2) is 7.87. The van der Waals surface area contributed by atoms with Crippen molar-refractivity contribution in [3.63, 3.8) is 0 Å². The van der Waals surface area contributed by atoms with E-state index in [4.69, 9.17) is 5.73 Å². The molecule has 0 bridgehead atoms. The molecule has 0 saturated heterocycles. The van der Waals surface area contributed by atoms with E-state index in [-0.39, 0.29) is 18.4 Å². The van der Waals surface area contributed by atoms with Crippen molar-refractivity contribution < 1.29 is 4.79 Å². The van der Waals surface area contributed by atoms with E-state index in [2.05, 4.69) is 44.8 Å². The summed E-state index contributed by atoms with van der Waals surface area (Å²) >= 11 is 0. The highest BCUT2D eigenvalue weighted by atomic mass is 16.2. The van der Waals surface area contributed by atoms with Crippen LogP contribution in [0.2, 0.25) is 0 Å². The van der Waals surface area contributed by atoms with Crippen molar-refractivity contribution in [3.05, 3.63) is 29.8 Å². The summed E-state index contributed by atoms with van der Waals surface area (Å²) in [6.45, 7) is 6.06. The largest absolute Gasteiger partial charge is 0.372 e. The van der Waals surface area contributed by atoms with Crippen LogP contribution >= 0.6 is 0 Å². The maximum Gasteiger partial charge on any atom is 0.261 e. The van der Waals surface area contributed by atoms with Crippen LogP contribution in [0.4, 0.5) is 11.6 Å². The molecule has 122 valence electrons. The van der Waals surface area contributed by atoms with Gasteiger partial charge in [-0.3, -0.25) is 4.79 Å². The Morgan fingerprint density at radius 3 is 2.61 bits per heavy atom. The summed E-state index contributed by atoms with van der Waals surface area (Å²) in [7, 11) is 0. The number of benzene rings is 1. The fraction of sp³-hybridized carbons (Fsp3) is 0.357. The lowest BCUT2D eigenvalue weighted by Crippen LogP contribution is -2.24. The van der Waals surface area contributed by atoms with E-state index in [1.807, 2.05) is 24.3 Å². The van der Waals surface area contributed by atoms with Crippen molar-refractivity contribution in [2.75, 3.05) is 23.7 Å². The molecule has 0 saturated carbocycles. The number of tetrazole rings is 1. The second-order valence-electron chi connectivity index (χ2n) is 4.75. The van der Waals surface area contributed by atoms with Crippen LogP contribution in [-0.4, -0.2) is 45.4 Å². The molecule has 9 heteroatoms. The van der Waals surface area contributed by atoms with Crippen molar-refractivity contribution >= 4 is 23.8 Å². The molecule has 0 unspecified atom stereocenters. The van der Waals surface area contributed by atoms with Gasteiger partial charge in [0.15, 0.2) is 0 Å². The Morgan fingerprint density at radius 2 is 2.04 bits per heavy atom. The Morgan fingerprint density at radius 1 is 1.35 bits per heavy atom. The predicted molar refractivity (Wildman–Crippen MR) is 88.0 cm³/mol. The molecule has 0 radical (unpaired) electrons. The van der Waals surface area contributed by atoms with Gasteiger partial charge < -0.3 is 10.6 Å². The second-order valence-corrected chi connectivity index (χ2v) is 4.75. The van der Waals surface area contributed by atoms with Crippen molar-refractivity contribution in [1.82, 2.24) is 25.6 Å². The lowest BCUT2D eigenvalue weighted by atomic mass is 10.2. The lowest BCUT2D eigenvalue weighted by molar-refractivity contribution is -0.121. The number of nitrogens with one attached hydrogen (secondary N) is 1. The zero-order valence-corrected chi connectivity index (χ0v) is 13.2. The van der Waals surface area contributed by atoms with Gasteiger partial charge in [0, 0.05) is 18.8 Å². The highest BCUT2D eigenvalue weighted by Gasteiger charge is 2.06. The molecule has 1 aromatic carbocycles. The molecule has 9 nitrogen and oxygen atoms in total. The standard InChI is InChI=1S/C14H20N8O/c1-3-21(4-2)12-7-5-11(6-8-12)9-16-17-13(23)10-22-14(15)18-19-20-22/h5-9H,3-4,10H2,1-2H3,(H,17,23)(H2,15,18,20). The summed E-state index contributed by atoms with van der Waals surface area (Å²) in [5.74, 6) is -0.281. The smallest absolute Gasteiger partial charge is 0.261 e. The fourth-order valence-electron chi connectivity index (χ4n) is 2.03. The first kappa shape index (κ1) is 16.4. The summed E-state index contributed by atoms with van der Waals surface area (Å²) < 4.78 is 1.18. The molecule has 1 aromatic heterocycles. The summed E-state index contributed by atoms with van der Waals surface area (Å²) in [5, 5.41) is 14.3. The Hall–Kier alpha value is -2.97. The van der Waals surface area contributed by atoms with E-state index < -0.39 is 0 Å². The van der Waals surface area contributed by atoms with Crippen LogP contribution in [0.5, 0.6) is 0 Å². The summed E-state index contributed by atoms with van der Waals surface area (Å²) in [5.41, 5.74) is 9.93. The predicted octanol–water partition coefficient (Wildman–Crippen LogP) is 0.252. The van der Waals surface area contributed by atoms with E-state index in [9.17, 15) is 4.79 Å². The molecular weight excluding hydrogens is 296 g/mol. The number of aromatic nitrogens is 4. The van der Waals surface area contributed by atoms with Gasteiger partial charge in [0.1, 0.15) is 6.54 Å². The molecule has 0 aliphatic carbocycles. The van der Waals surface area contributed by atoms with E-state index >= 15 is 0 Å². The van der Waals surface area contributed by atoms with Crippen LogP contribution in [0, 0.1) is 0 Å². The number of hydrogen-bond donors (Lipinski definition) is 2. The first-order valence-electron chi connectivity index (χ1n) is 7.32. The number of carbonyl (C=O) groups excluding carboxylic acids is 1. The van der Waals surface area contributed by atoms with Crippen LogP contribution in [0.15, 0.2) is 29.4 Å². The molecule has 1 amide bonds. The van der Waals surface area contributed by atoms with Gasteiger partial charge in [0.25, 0.3) is 5.91 Å². The minimum absolute atomic E-state index is 0.0797. The number of nitrogens with zero attached hydrogens (tertiary/aromatic N) is 6. The molecule has 2 rings (SSSR count). The van der Waals surface area contributed by atoms with Crippen molar-refractivity contribution in [2.45, 2.75) is 20.4 Å². The van der Waals surface area contributed by atoms with Gasteiger partial charge in [-0.05, 0) is 42.0 Å². The third-order valence-corrected chi connectivity index (χ3v) is 3.28. The van der Waals surface area contributed by atoms with Gasteiger partial charge in [0.2, 0.25) is 5.95 Å². The normalized spacial score (nSPS) is 10.9. The Labute approximate surface area is 134 Å². The van der Waals surface area contributed by atoms with Gasteiger partial charge in [-0.15, -0.1) is 0 Å². The van der Waals surface area contributed by atoms with E-state index in [1.165, 1.54) is 4.68 Å². The van der Waals surface area contributed by atoms with Crippen LogP contribution in [0.25, 0.3) is 0 Å². The monoisotopic (exact) mass is 316 g/mol. The van der Waals surface area contributed by atoms with Crippen LogP contribution in [0.1, 0.15) is 19.4 Å². The molecular formula is C14H20N8O. The molecule has 0 atom stereocenters. The maximum absolute atomic E-state index is 11.7. The number of amides is 1. The number of rotatable bonds is 7. The molecule has 23 heavy (non-hydrogen) atoms. The van der Waals surface area contributed by atoms with Gasteiger partial charge >= 0.3 is 0 Å². The average Bonchev–Trinajstić information content (AvgIpc) is 2.95. The first-order valence-corrected chi connectivity index (χ1v) is 7.32. The summed E-state index contributed by atoms with van der Waals surface area (Å²) in [6, 6.07) is 7.95. The number of nitrogens with two attached hydrogens (primary N) is 1. The maximum atomic E-state index is 11.7. The molecule has 2 aromatic rings. The Kier molecular flexibility index (Phi) is 5.61. The number of hydrogen-bond acceptors (Lipinski definition) is 7. The third kappa shape index (κ3) is 4.50. The van der Waals surface area contributed by atoms with Gasteiger partial charge in [0.05, 0.1) is 6.21 Å². The number of carbonyl (C=O) groups is 1. The van der Waals surface area contributed by atoms with E-state index in [0.717, 1.165) is 24.3 Å². The fourth-order valence-corrected chi connectivity index (χ4v) is 2.03. The lowest BCUT2D eigenvalue weighted by Gasteiger charge is -2.20. The molecule has 0 spiro atoms. The third-order valence-electron chi connectivity index (χ3n) is 3.28. The molecule has 0 aliphatic heterocycles. The minimum Gasteiger partial charge on any atom is -0.372 e. The van der Waals surface area contributed by atoms with Crippen molar-refractivity contribution in [2.24, 2.45) is 5.10 Å². The van der Waals surface area contributed by atoms with E-state index in [1.54, 1.807) is 6.21 Å². The topological polar surface area (TPSA) is 114 Å². The molecule has 3 N–H and O–H groups in total. The minimum atomic E-state index is -0.361. The summed E-state index contributed by atoms with van der Waals surface area (Å²) in [6.07, 6.45) is 1.58. The first-order chi connectivity index (χ1) is 11.1. The Balaban J connectivity index is 1.88. The average molecular weight is 316 g/mol. The molecule has 1 heterocycles. The zero-order valence-electron chi connectivity index (χ0n) is 13.2. The highest BCUT2D eigenvalue weighted by molar-refractivity contribution is 5.82. The van der Waals surface area contributed by atoms with Crippen LogP contribution in [-0.2, 0) is 11.3 Å². The number of hydrazone groups is 1. The van der Waals surface area contributed by atoms with Gasteiger partial charge in [-0.1, -0.05) is 17.2 Å². The van der Waals surface area contributed by atoms with Crippen LogP contribution < -0.4 is 16.1 Å². The molecule has 0 aliphatic rings. The van der Waals surface area contributed by atoms with Gasteiger partial charge in [-0.25, -0.2) is 10.1 Å². The number of nitrogen functional groups attached to an aromatic ring is 1. The number of anilines is 2.